The van der Waals surface area contributed by atoms with Gasteiger partial charge in [0.05, 0.1) is 0 Å². The third kappa shape index (κ3) is 4.68. The molecular weight excluding hydrogens is 189 g/mol. The lowest BCUT2D eigenvalue weighted by Crippen LogP contribution is -2.07. The fourth-order valence-electron chi connectivity index (χ4n) is 1.91. The summed E-state index contributed by atoms with van der Waals surface area (Å²) < 4.78 is 35.9. The molecule has 0 spiro atoms. The summed E-state index contributed by atoms with van der Waals surface area (Å²) in [7, 11) is 0. The summed E-state index contributed by atoms with van der Waals surface area (Å²) in [6.07, 6.45) is 1.63. The van der Waals surface area contributed by atoms with Crippen molar-refractivity contribution < 1.29 is 13.2 Å². The SMILES string of the molecule is C[C@@H]1CCCC=C(CCC(F)(F)F)C1. The topological polar surface area (TPSA) is 0 Å². The van der Waals surface area contributed by atoms with Gasteiger partial charge in [-0.25, -0.2) is 0 Å². The van der Waals surface area contributed by atoms with Crippen molar-refractivity contribution in [1.29, 1.82) is 0 Å². The normalized spacial score (nSPS) is 24.3. The lowest BCUT2D eigenvalue weighted by molar-refractivity contribution is -0.134. The Morgan fingerprint density at radius 1 is 1.43 bits per heavy atom. The van der Waals surface area contributed by atoms with Crippen molar-refractivity contribution >= 4 is 0 Å². The van der Waals surface area contributed by atoms with E-state index < -0.39 is 12.6 Å². The fraction of sp³-hybridized carbons (Fsp3) is 0.818. The molecule has 1 atom stereocenters. The van der Waals surface area contributed by atoms with Crippen LogP contribution in [0.3, 0.4) is 0 Å². The summed E-state index contributed by atoms with van der Waals surface area (Å²) in [5.74, 6) is 0.553. The molecule has 0 heterocycles. The largest absolute Gasteiger partial charge is 0.389 e. The van der Waals surface area contributed by atoms with Crippen molar-refractivity contribution in [3.63, 3.8) is 0 Å². The molecule has 0 aromatic carbocycles. The van der Waals surface area contributed by atoms with Gasteiger partial charge in [0.2, 0.25) is 0 Å². The molecule has 0 bridgehead atoms. The van der Waals surface area contributed by atoms with Gasteiger partial charge >= 0.3 is 6.18 Å². The van der Waals surface area contributed by atoms with Crippen molar-refractivity contribution in [1.82, 2.24) is 0 Å². The van der Waals surface area contributed by atoms with Gasteiger partial charge in [-0.05, 0) is 31.6 Å². The van der Waals surface area contributed by atoms with Crippen molar-refractivity contribution in [3.05, 3.63) is 11.6 Å². The molecule has 0 unspecified atom stereocenters. The van der Waals surface area contributed by atoms with Crippen molar-refractivity contribution in [3.8, 4) is 0 Å². The molecule has 1 rings (SSSR count). The maximum atomic E-state index is 12.0. The number of alkyl halides is 3. The van der Waals surface area contributed by atoms with E-state index in [0.29, 0.717) is 5.92 Å². The lowest BCUT2D eigenvalue weighted by Gasteiger charge is -2.11. The van der Waals surface area contributed by atoms with Crippen LogP contribution in [0.25, 0.3) is 0 Å². The zero-order valence-corrected chi connectivity index (χ0v) is 8.53. The van der Waals surface area contributed by atoms with E-state index in [1.807, 2.05) is 6.08 Å². The Labute approximate surface area is 83.2 Å². The third-order valence-electron chi connectivity index (χ3n) is 2.67. The van der Waals surface area contributed by atoms with Crippen LogP contribution in [0.4, 0.5) is 13.2 Å². The smallest absolute Gasteiger partial charge is 0.171 e. The molecule has 0 saturated carbocycles. The van der Waals surface area contributed by atoms with Crippen LogP contribution < -0.4 is 0 Å². The minimum absolute atomic E-state index is 0.202. The molecule has 1 aliphatic rings. The summed E-state index contributed by atoms with van der Waals surface area (Å²) >= 11 is 0. The standard InChI is InChI=1S/C11H17F3/c1-9-4-2-3-5-10(8-9)6-7-11(12,13)14/h5,9H,2-4,6-8H2,1H3/t9-/m1/s1. The van der Waals surface area contributed by atoms with Gasteiger partial charge in [0.25, 0.3) is 0 Å². The van der Waals surface area contributed by atoms with Gasteiger partial charge in [0.15, 0.2) is 0 Å². The Morgan fingerprint density at radius 3 is 2.79 bits per heavy atom. The highest BCUT2D eigenvalue weighted by Crippen LogP contribution is 2.29. The van der Waals surface area contributed by atoms with Crippen LogP contribution in [0, 0.1) is 5.92 Å². The van der Waals surface area contributed by atoms with Gasteiger partial charge in [-0.1, -0.05) is 25.0 Å². The van der Waals surface area contributed by atoms with Gasteiger partial charge in [0, 0.05) is 6.42 Å². The first kappa shape index (κ1) is 11.6. The zero-order valence-electron chi connectivity index (χ0n) is 8.53. The molecule has 3 heteroatoms. The maximum Gasteiger partial charge on any atom is 0.389 e. The molecule has 14 heavy (non-hydrogen) atoms. The van der Waals surface area contributed by atoms with E-state index in [1.165, 1.54) is 0 Å². The van der Waals surface area contributed by atoms with Crippen molar-refractivity contribution in [2.24, 2.45) is 5.92 Å². The van der Waals surface area contributed by atoms with Gasteiger partial charge in [-0.3, -0.25) is 0 Å². The highest BCUT2D eigenvalue weighted by Gasteiger charge is 2.27. The number of hydrogen-bond acceptors (Lipinski definition) is 0. The van der Waals surface area contributed by atoms with Gasteiger partial charge in [0.1, 0.15) is 0 Å². The second-order valence-corrected chi connectivity index (χ2v) is 4.22. The highest BCUT2D eigenvalue weighted by atomic mass is 19.4. The molecule has 0 fully saturated rings. The van der Waals surface area contributed by atoms with Gasteiger partial charge < -0.3 is 0 Å². The molecule has 0 aromatic rings. The summed E-state index contributed by atoms with van der Waals surface area (Å²) in [4.78, 5) is 0. The molecule has 0 nitrogen and oxygen atoms in total. The van der Waals surface area contributed by atoms with Crippen molar-refractivity contribution in [2.75, 3.05) is 0 Å². The summed E-state index contributed by atoms with van der Waals surface area (Å²) in [6.45, 7) is 2.12. The van der Waals surface area contributed by atoms with Gasteiger partial charge in [-0.2, -0.15) is 13.2 Å². The second kappa shape index (κ2) is 4.85. The first-order chi connectivity index (χ1) is 6.47. The van der Waals surface area contributed by atoms with E-state index in [4.69, 9.17) is 0 Å². The maximum absolute atomic E-state index is 12.0. The van der Waals surface area contributed by atoms with E-state index in [-0.39, 0.29) is 6.42 Å². The lowest BCUT2D eigenvalue weighted by atomic mass is 9.97. The van der Waals surface area contributed by atoms with Crippen molar-refractivity contribution in [2.45, 2.75) is 51.6 Å². The molecule has 0 N–H and O–H groups in total. The van der Waals surface area contributed by atoms with Crippen LogP contribution >= 0.6 is 0 Å². The van der Waals surface area contributed by atoms with E-state index in [9.17, 15) is 13.2 Å². The Bertz CT molecular complexity index is 203. The number of hydrogen-bond donors (Lipinski definition) is 0. The predicted octanol–water partition coefficient (Wildman–Crippen LogP) is 4.47. The molecule has 82 valence electrons. The molecular formula is C11H17F3. The summed E-state index contributed by atoms with van der Waals surface area (Å²) in [5, 5.41) is 0. The molecule has 0 amide bonds. The predicted molar refractivity (Wildman–Crippen MR) is 51.0 cm³/mol. The summed E-state index contributed by atoms with van der Waals surface area (Å²) in [6, 6.07) is 0. The molecule has 0 aliphatic heterocycles. The average molecular weight is 206 g/mol. The van der Waals surface area contributed by atoms with Crippen LogP contribution in [-0.4, -0.2) is 6.18 Å². The monoisotopic (exact) mass is 206 g/mol. The Morgan fingerprint density at radius 2 is 2.14 bits per heavy atom. The molecule has 1 aliphatic carbocycles. The highest BCUT2D eigenvalue weighted by molar-refractivity contribution is 5.05. The van der Waals surface area contributed by atoms with Crippen LogP contribution in [0.15, 0.2) is 11.6 Å². The number of rotatable bonds is 2. The van der Waals surface area contributed by atoms with Crippen LogP contribution in [0.5, 0.6) is 0 Å². The Kier molecular flexibility index (Phi) is 4.02. The van der Waals surface area contributed by atoms with Crippen LogP contribution in [-0.2, 0) is 0 Å². The van der Waals surface area contributed by atoms with E-state index >= 15 is 0 Å². The third-order valence-corrected chi connectivity index (χ3v) is 2.67. The summed E-state index contributed by atoms with van der Waals surface area (Å²) in [5.41, 5.74) is 1.01. The quantitative estimate of drug-likeness (QED) is 0.585. The number of halogens is 3. The first-order valence-corrected chi connectivity index (χ1v) is 5.22. The minimum atomic E-state index is -4.00. The zero-order chi connectivity index (χ0) is 10.6. The Hall–Kier alpha value is -0.470. The van der Waals surface area contributed by atoms with E-state index in [0.717, 1.165) is 31.3 Å². The van der Waals surface area contributed by atoms with E-state index in [2.05, 4.69) is 6.92 Å². The van der Waals surface area contributed by atoms with E-state index in [1.54, 1.807) is 0 Å². The minimum Gasteiger partial charge on any atom is -0.171 e. The van der Waals surface area contributed by atoms with Crippen LogP contribution in [0.1, 0.15) is 45.4 Å². The van der Waals surface area contributed by atoms with Crippen LogP contribution in [0.2, 0.25) is 0 Å². The molecule has 0 aromatic heterocycles. The first-order valence-electron chi connectivity index (χ1n) is 5.22. The van der Waals surface area contributed by atoms with Gasteiger partial charge in [-0.15, -0.1) is 0 Å². The fourth-order valence-corrected chi connectivity index (χ4v) is 1.91. The second-order valence-electron chi connectivity index (χ2n) is 4.22. The Balaban J connectivity index is 2.39. The molecule has 0 saturated heterocycles. The number of allylic oxidation sites excluding steroid dienone is 2. The average Bonchev–Trinajstić information content (AvgIpc) is 2.25. The molecule has 0 radical (unpaired) electrons.